The average molecular weight is 321 g/mol. The first-order valence-corrected chi connectivity index (χ1v) is 6.81. The van der Waals surface area contributed by atoms with E-state index in [1.165, 1.54) is 31.2 Å². The monoisotopic (exact) mass is 320 g/mol. The first kappa shape index (κ1) is 15.9. The Labute approximate surface area is 132 Å². The van der Waals surface area contributed by atoms with Crippen LogP contribution in [0.25, 0.3) is 0 Å². The summed E-state index contributed by atoms with van der Waals surface area (Å²) in [4.78, 5) is 22.8. The number of hydrogen-bond acceptors (Lipinski definition) is 4. The van der Waals surface area contributed by atoms with E-state index in [9.17, 15) is 9.59 Å². The molecule has 5 nitrogen and oxygen atoms in total. The van der Waals surface area contributed by atoms with Crippen LogP contribution in [0.15, 0.2) is 48.5 Å². The number of para-hydroxylation sites is 1. The maximum absolute atomic E-state index is 12.0. The van der Waals surface area contributed by atoms with Gasteiger partial charge in [-0.3, -0.25) is 0 Å². The van der Waals surface area contributed by atoms with Crippen molar-refractivity contribution >= 4 is 23.5 Å². The lowest BCUT2D eigenvalue weighted by Gasteiger charge is -2.14. The summed E-state index contributed by atoms with van der Waals surface area (Å²) in [6, 6.07) is 12.4. The van der Waals surface area contributed by atoms with Crippen molar-refractivity contribution in [3.05, 3.63) is 59.1 Å². The fourth-order valence-corrected chi connectivity index (χ4v) is 1.85. The molecule has 114 valence electrons. The molecular formula is C16H13ClO5. The lowest BCUT2D eigenvalue weighted by Crippen LogP contribution is -2.28. The van der Waals surface area contributed by atoms with Gasteiger partial charge in [-0.1, -0.05) is 29.8 Å². The molecule has 0 aliphatic rings. The van der Waals surface area contributed by atoms with Crippen molar-refractivity contribution < 1.29 is 24.2 Å². The Morgan fingerprint density at radius 3 is 2.55 bits per heavy atom. The molecule has 0 radical (unpaired) electrons. The van der Waals surface area contributed by atoms with Crippen molar-refractivity contribution in [1.29, 1.82) is 0 Å². The van der Waals surface area contributed by atoms with Crippen LogP contribution in [0.4, 0.5) is 0 Å². The third-order valence-electron chi connectivity index (χ3n) is 2.77. The summed E-state index contributed by atoms with van der Waals surface area (Å²) in [7, 11) is 0. The predicted molar refractivity (Wildman–Crippen MR) is 80.6 cm³/mol. The quantitative estimate of drug-likeness (QED) is 0.675. The Morgan fingerprint density at radius 1 is 1.14 bits per heavy atom. The molecule has 2 rings (SSSR count). The van der Waals surface area contributed by atoms with Crippen LogP contribution in [0.2, 0.25) is 5.02 Å². The summed E-state index contributed by atoms with van der Waals surface area (Å²) in [5.41, 5.74) is 0.0324. The van der Waals surface area contributed by atoms with E-state index in [2.05, 4.69) is 0 Å². The lowest BCUT2D eigenvalue weighted by molar-refractivity contribution is -0.141. The Hall–Kier alpha value is -2.53. The number of benzene rings is 2. The second-order valence-electron chi connectivity index (χ2n) is 4.44. The molecule has 2 aromatic carbocycles. The lowest BCUT2D eigenvalue weighted by atomic mass is 10.2. The fraction of sp³-hybridized carbons (Fsp3) is 0.125. The van der Waals surface area contributed by atoms with Crippen LogP contribution in [0.5, 0.6) is 11.5 Å². The maximum Gasteiger partial charge on any atom is 0.352 e. The molecule has 0 amide bonds. The number of carboxylic acid groups (broad SMARTS) is 1. The van der Waals surface area contributed by atoms with Gasteiger partial charge in [0, 0.05) is 0 Å². The molecule has 0 saturated heterocycles. The van der Waals surface area contributed by atoms with Crippen LogP contribution in [0.1, 0.15) is 17.3 Å². The van der Waals surface area contributed by atoms with Crippen LogP contribution in [-0.4, -0.2) is 23.1 Å². The minimum absolute atomic E-state index is 0.0324. The standard InChI is InChI=1S/C16H13ClO5/c1-10(21-14-8-3-2-7-13(14)17)16(20)22-12-6-4-5-11(9-12)15(18)19/h2-10H,1H3,(H,18,19). The van der Waals surface area contributed by atoms with Gasteiger partial charge in [0.25, 0.3) is 0 Å². The van der Waals surface area contributed by atoms with Gasteiger partial charge in [-0.05, 0) is 37.3 Å². The first-order valence-electron chi connectivity index (χ1n) is 6.43. The van der Waals surface area contributed by atoms with Gasteiger partial charge in [-0.2, -0.15) is 0 Å². The minimum Gasteiger partial charge on any atom is -0.478 e. The molecule has 1 N–H and O–H groups in total. The molecule has 6 heteroatoms. The number of carbonyl (C=O) groups is 2. The summed E-state index contributed by atoms with van der Waals surface area (Å²) in [6.07, 6.45) is -0.895. The van der Waals surface area contributed by atoms with Crippen molar-refractivity contribution in [2.24, 2.45) is 0 Å². The highest BCUT2D eigenvalue weighted by atomic mass is 35.5. The molecule has 22 heavy (non-hydrogen) atoms. The highest BCUT2D eigenvalue weighted by Gasteiger charge is 2.19. The highest BCUT2D eigenvalue weighted by Crippen LogP contribution is 2.24. The third-order valence-corrected chi connectivity index (χ3v) is 3.08. The van der Waals surface area contributed by atoms with E-state index in [4.69, 9.17) is 26.2 Å². The molecule has 0 aliphatic heterocycles. The van der Waals surface area contributed by atoms with Crippen molar-refractivity contribution in [3.63, 3.8) is 0 Å². The van der Waals surface area contributed by atoms with Crippen LogP contribution < -0.4 is 9.47 Å². The van der Waals surface area contributed by atoms with Gasteiger partial charge >= 0.3 is 11.9 Å². The van der Waals surface area contributed by atoms with Gasteiger partial charge < -0.3 is 14.6 Å². The second kappa shape index (κ2) is 6.95. The van der Waals surface area contributed by atoms with E-state index < -0.39 is 18.0 Å². The summed E-state index contributed by atoms with van der Waals surface area (Å²) in [6.45, 7) is 1.52. The third kappa shape index (κ3) is 3.99. The molecule has 0 saturated carbocycles. The van der Waals surface area contributed by atoms with Crippen molar-refractivity contribution in [2.45, 2.75) is 13.0 Å². The second-order valence-corrected chi connectivity index (χ2v) is 4.85. The molecule has 0 bridgehead atoms. The number of hydrogen-bond donors (Lipinski definition) is 1. The number of ether oxygens (including phenoxy) is 2. The number of rotatable bonds is 5. The normalized spacial score (nSPS) is 11.5. The number of carboxylic acids is 1. The van der Waals surface area contributed by atoms with E-state index in [1.54, 1.807) is 24.3 Å². The molecule has 0 aliphatic carbocycles. The highest BCUT2D eigenvalue weighted by molar-refractivity contribution is 6.32. The summed E-state index contributed by atoms with van der Waals surface area (Å²) >= 11 is 5.95. The summed E-state index contributed by atoms with van der Waals surface area (Å²) in [5.74, 6) is -1.24. The average Bonchev–Trinajstić information content (AvgIpc) is 2.49. The summed E-state index contributed by atoms with van der Waals surface area (Å²) < 4.78 is 10.5. The summed E-state index contributed by atoms with van der Waals surface area (Å²) in [5, 5.41) is 9.28. The predicted octanol–water partition coefficient (Wildman–Crippen LogP) is 3.41. The molecule has 0 aromatic heterocycles. The number of esters is 1. The molecule has 1 unspecified atom stereocenters. The van der Waals surface area contributed by atoms with Gasteiger partial charge in [0.2, 0.25) is 0 Å². The zero-order valence-corrected chi connectivity index (χ0v) is 12.4. The van der Waals surface area contributed by atoms with Crippen molar-refractivity contribution in [2.75, 3.05) is 0 Å². The molecule has 0 spiro atoms. The Bertz CT molecular complexity index is 698. The number of carbonyl (C=O) groups excluding carboxylic acids is 1. The Kier molecular flexibility index (Phi) is 5.01. The molecule has 0 heterocycles. The van der Waals surface area contributed by atoms with E-state index >= 15 is 0 Å². The van der Waals surface area contributed by atoms with Crippen LogP contribution in [0, 0.1) is 0 Å². The van der Waals surface area contributed by atoms with E-state index in [-0.39, 0.29) is 11.3 Å². The van der Waals surface area contributed by atoms with E-state index in [0.29, 0.717) is 10.8 Å². The molecule has 2 aromatic rings. The molecular weight excluding hydrogens is 308 g/mol. The zero-order valence-electron chi connectivity index (χ0n) is 11.7. The van der Waals surface area contributed by atoms with Crippen LogP contribution in [0.3, 0.4) is 0 Å². The SMILES string of the molecule is CC(Oc1ccccc1Cl)C(=O)Oc1cccc(C(=O)O)c1. The number of aromatic carboxylic acids is 1. The smallest absolute Gasteiger partial charge is 0.352 e. The maximum atomic E-state index is 12.0. The van der Waals surface area contributed by atoms with Crippen LogP contribution in [-0.2, 0) is 4.79 Å². The Morgan fingerprint density at radius 2 is 1.86 bits per heavy atom. The van der Waals surface area contributed by atoms with E-state index in [1.807, 2.05) is 0 Å². The minimum atomic E-state index is -1.10. The van der Waals surface area contributed by atoms with Crippen molar-refractivity contribution in [3.8, 4) is 11.5 Å². The zero-order chi connectivity index (χ0) is 16.1. The van der Waals surface area contributed by atoms with Crippen molar-refractivity contribution in [1.82, 2.24) is 0 Å². The van der Waals surface area contributed by atoms with Gasteiger partial charge in [-0.25, -0.2) is 9.59 Å². The van der Waals surface area contributed by atoms with Crippen LogP contribution >= 0.6 is 11.6 Å². The van der Waals surface area contributed by atoms with Gasteiger partial charge in [-0.15, -0.1) is 0 Å². The largest absolute Gasteiger partial charge is 0.478 e. The van der Waals surface area contributed by atoms with Gasteiger partial charge in [0.1, 0.15) is 11.5 Å². The first-order chi connectivity index (χ1) is 10.5. The van der Waals surface area contributed by atoms with E-state index in [0.717, 1.165) is 0 Å². The van der Waals surface area contributed by atoms with Gasteiger partial charge in [0.05, 0.1) is 10.6 Å². The molecule has 0 fully saturated rings. The Balaban J connectivity index is 2.04. The van der Waals surface area contributed by atoms with Gasteiger partial charge in [0.15, 0.2) is 6.10 Å². The fourth-order valence-electron chi connectivity index (χ4n) is 1.67. The topological polar surface area (TPSA) is 72.8 Å². The number of halogens is 1. The molecule has 1 atom stereocenters.